The van der Waals surface area contributed by atoms with Gasteiger partial charge in [0.2, 0.25) is 5.91 Å². The van der Waals surface area contributed by atoms with Crippen molar-refractivity contribution in [1.29, 1.82) is 0 Å². The van der Waals surface area contributed by atoms with Crippen LogP contribution in [0.1, 0.15) is 48.3 Å². The molecule has 1 aliphatic heterocycles. The molecule has 0 bridgehead atoms. The average molecular weight is 416 g/mol. The van der Waals surface area contributed by atoms with E-state index in [9.17, 15) is 19.8 Å². The van der Waals surface area contributed by atoms with Gasteiger partial charge in [-0.3, -0.25) is 14.5 Å². The van der Waals surface area contributed by atoms with Crippen LogP contribution in [-0.2, 0) is 9.59 Å². The molecule has 1 heterocycles. The summed E-state index contributed by atoms with van der Waals surface area (Å²) in [6.07, 6.45) is -0.235. The van der Waals surface area contributed by atoms with E-state index in [1.807, 2.05) is 51.1 Å². The predicted octanol–water partition coefficient (Wildman–Crippen LogP) is 4.45. The number of anilines is 1. The SMILES string of the molecule is COc1ccc(C2SC(CC(=O)O)C(=O)N2c2cc(C(C)C)c(O)cc2C)cc1. The number of carboxylic acid groups (broad SMARTS) is 1. The summed E-state index contributed by atoms with van der Waals surface area (Å²) in [5.41, 5.74) is 3.09. The Morgan fingerprint density at radius 1 is 1.24 bits per heavy atom. The Hall–Kier alpha value is -2.67. The molecular weight excluding hydrogens is 390 g/mol. The van der Waals surface area contributed by atoms with E-state index in [0.717, 1.165) is 16.7 Å². The Labute approximate surface area is 174 Å². The maximum atomic E-state index is 13.2. The number of aryl methyl sites for hydroxylation is 1. The van der Waals surface area contributed by atoms with Crippen molar-refractivity contribution in [3.05, 3.63) is 53.1 Å². The number of hydrogen-bond donors (Lipinski definition) is 2. The Balaban J connectivity index is 2.09. The van der Waals surface area contributed by atoms with Gasteiger partial charge in [-0.2, -0.15) is 0 Å². The van der Waals surface area contributed by atoms with E-state index < -0.39 is 11.2 Å². The monoisotopic (exact) mass is 415 g/mol. The van der Waals surface area contributed by atoms with Crippen molar-refractivity contribution < 1.29 is 24.5 Å². The maximum Gasteiger partial charge on any atom is 0.305 e. The molecule has 1 aliphatic rings. The van der Waals surface area contributed by atoms with Gasteiger partial charge in [0.1, 0.15) is 16.9 Å². The second kappa shape index (κ2) is 8.37. The van der Waals surface area contributed by atoms with Crippen molar-refractivity contribution in [2.45, 2.75) is 43.7 Å². The van der Waals surface area contributed by atoms with Gasteiger partial charge in [-0.1, -0.05) is 26.0 Å². The molecular formula is C22H25NO5S. The first-order chi connectivity index (χ1) is 13.7. The van der Waals surface area contributed by atoms with E-state index in [1.54, 1.807) is 18.1 Å². The highest BCUT2D eigenvalue weighted by Crippen LogP contribution is 2.48. The molecule has 0 radical (unpaired) electrons. The van der Waals surface area contributed by atoms with E-state index in [0.29, 0.717) is 11.4 Å². The fraction of sp³-hybridized carbons (Fsp3) is 0.364. The third-order valence-corrected chi connectivity index (χ3v) is 6.47. The van der Waals surface area contributed by atoms with Crippen LogP contribution in [0.3, 0.4) is 0 Å². The van der Waals surface area contributed by atoms with E-state index in [1.165, 1.54) is 11.8 Å². The van der Waals surface area contributed by atoms with E-state index in [2.05, 4.69) is 0 Å². The third kappa shape index (κ3) is 4.19. The highest BCUT2D eigenvalue weighted by atomic mass is 32.2. The van der Waals surface area contributed by atoms with Gasteiger partial charge in [-0.05, 0) is 53.8 Å². The molecule has 2 aromatic carbocycles. The average Bonchev–Trinajstić information content (AvgIpc) is 2.97. The zero-order chi connectivity index (χ0) is 21.3. The van der Waals surface area contributed by atoms with Crippen LogP contribution in [0, 0.1) is 6.92 Å². The fourth-order valence-electron chi connectivity index (χ4n) is 3.50. The molecule has 7 heteroatoms. The van der Waals surface area contributed by atoms with Gasteiger partial charge in [0, 0.05) is 5.69 Å². The summed E-state index contributed by atoms with van der Waals surface area (Å²) in [7, 11) is 1.59. The lowest BCUT2D eigenvalue weighted by Gasteiger charge is -2.27. The zero-order valence-corrected chi connectivity index (χ0v) is 17.7. The number of hydrogen-bond acceptors (Lipinski definition) is 5. The molecule has 29 heavy (non-hydrogen) atoms. The molecule has 2 atom stereocenters. The van der Waals surface area contributed by atoms with Gasteiger partial charge in [0.25, 0.3) is 0 Å². The molecule has 1 fully saturated rings. The number of phenols is 1. The van der Waals surface area contributed by atoms with Gasteiger partial charge in [0.05, 0.1) is 18.8 Å². The molecule has 1 amide bonds. The number of phenolic OH excluding ortho intramolecular Hbond substituents is 1. The minimum Gasteiger partial charge on any atom is -0.508 e. The van der Waals surface area contributed by atoms with Crippen molar-refractivity contribution in [3.8, 4) is 11.5 Å². The minimum absolute atomic E-state index is 0.0777. The standard InChI is InChI=1S/C22H25NO5S/c1-12(2)16-10-17(13(3)9-18(16)24)23-21(27)19(11-20(25)26)29-22(23)14-5-7-15(28-4)8-6-14/h5-10,12,19,22,24H,11H2,1-4H3,(H,25,26). The van der Waals surface area contributed by atoms with Crippen LogP contribution in [0.25, 0.3) is 0 Å². The zero-order valence-electron chi connectivity index (χ0n) is 16.9. The molecule has 0 spiro atoms. The molecule has 3 rings (SSSR count). The molecule has 6 nitrogen and oxygen atoms in total. The first-order valence-corrected chi connectivity index (χ1v) is 10.3. The molecule has 2 unspecified atom stereocenters. The van der Waals surface area contributed by atoms with E-state index in [-0.39, 0.29) is 29.4 Å². The van der Waals surface area contributed by atoms with Gasteiger partial charge < -0.3 is 14.9 Å². The number of nitrogens with zero attached hydrogens (tertiary/aromatic N) is 1. The smallest absolute Gasteiger partial charge is 0.305 e. The first-order valence-electron chi connectivity index (χ1n) is 9.40. The van der Waals surface area contributed by atoms with Crippen molar-refractivity contribution in [1.82, 2.24) is 0 Å². The van der Waals surface area contributed by atoms with Crippen LogP contribution in [-0.4, -0.2) is 34.4 Å². The number of rotatable bonds is 6. The number of amides is 1. The van der Waals surface area contributed by atoms with Crippen LogP contribution >= 0.6 is 11.8 Å². The summed E-state index contributed by atoms with van der Waals surface area (Å²) < 4.78 is 5.22. The number of methoxy groups -OCH3 is 1. The quantitative estimate of drug-likeness (QED) is 0.725. The normalized spacial score (nSPS) is 19.1. The maximum absolute atomic E-state index is 13.2. The van der Waals surface area contributed by atoms with Crippen molar-refractivity contribution in [2.24, 2.45) is 0 Å². The molecule has 0 saturated carbocycles. The van der Waals surface area contributed by atoms with Gasteiger partial charge in [-0.25, -0.2) is 0 Å². The lowest BCUT2D eigenvalue weighted by atomic mass is 9.98. The highest BCUT2D eigenvalue weighted by molar-refractivity contribution is 8.01. The van der Waals surface area contributed by atoms with Crippen molar-refractivity contribution in [3.63, 3.8) is 0 Å². The van der Waals surface area contributed by atoms with E-state index >= 15 is 0 Å². The predicted molar refractivity (Wildman–Crippen MR) is 114 cm³/mol. The Morgan fingerprint density at radius 3 is 2.45 bits per heavy atom. The van der Waals surface area contributed by atoms with Gasteiger partial charge in [-0.15, -0.1) is 11.8 Å². The Morgan fingerprint density at radius 2 is 1.90 bits per heavy atom. The number of ether oxygens (including phenoxy) is 1. The highest BCUT2D eigenvalue weighted by Gasteiger charge is 2.43. The summed E-state index contributed by atoms with van der Waals surface area (Å²) in [5, 5.41) is 18.5. The van der Waals surface area contributed by atoms with Crippen molar-refractivity contribution in [2.75, 3.05) is 12.0 Å². The summed E-state index contributed by atoms with van der Waals surface area (Å²) in [5.74, 6) is -0.254. The molecule has 1 saturated heterocycles. The molecule has 0 aliphatic carbocycles. The summed E-state index contributed by atoms with van der Waals surface area (Å²) in [4.78, 5) is 26.2. The minimum atomic E-state index is -1.00. The lowest BCUT2D eigenvalue weighted by Crippen LogP contribution is -2.32. The summed E-state index contributed by atoms with van der Waals surface area (Å²) in [6.45, 7) is 5.79. The lowest BCUT2D eigenvalue weighted by molar-refractivity contribution is -0.138. The van der Waals surface area contributed by atoms with Crippen LogP contribution < -0.4 is 9.64 Å². The van der Waals surface area contributed by atoms with Crippen LogP contribution in [0.15, 0.2) is 36.4 Å². The first kappa shape index (κ1) is 21.0. The third-order valence-electron chi connectivity index (χ3n) is 5.03. The number of thioether (sulfide) groups is 1. The molecule has 2 aromatic rings. The molecule has 0 aromatic heterocycles. The van der Waals surface area contributed by atoms with Crippen LogP contribution in [0.4, 0.5) is 5.69 Å². The van der Waals surface area contributed by atoms with Gasteiger partial charge in [0.15, 0.2) is 0 Å². The second-order valence-corrected chi connectivity index (χ2v) is 8.70. The number of aromatic hydroxyl groups is 1. The van der Waals surface area contributed by atoms with Crippen molar-refractivity contribution >= 4 is 29.3 Å². The van der Waals surface area contributed by atoms with Gasteiger partial charge >= 0.3 is 5.97 Å². The fourth-order valence-corrected chi connectivity index (χ4v) is 4.93. The topological polar surface area (TPSA) is 87.1 Å². The molecule has 2 N–H and O–H groups in total. The largest absolute Gasteiger partial charge is 0.508 e. The summed E-state index contributed by atoms with van der Waals surface area (Å²) >= 11 is 1.34. The van der Waals surface area contributed by atoms with Crippen LogP contribution in [0.2, 0.25) is 0 Å². The number of carboxylic acids is 1. The number of benzene rings is 2. The van der Waals surface area contributed by atoms with E-state index in [4.69, 9.17) is 4.74 Å². The summed E-state index contributed by atoms with van der Waals surface area (Å²) in [6, 6.07) is 10.9. The number of carbonyl (C=O) groups is 2. The van der Waals surface area contributed by atoms with Crippen LogP contribution in [0.5, 0.6) is 11.5 Å². The number of carbonyl (C=O) groups excluding carboxylic acids is 1. The Bertz CT molecular complexity index is 926. The molecule has 154 valence electrons. The number of aliphatic carboxylic acids is 1. The second-order valence-electron chi connectivity index (χ2n) is 7.41. The Kier molecular flexibility index (Phi) is 6.07.